The van der Waals surface area contributed by atoms with Crippen molar-refractivity contribution in [1.29, 1.82) is 0 Å². The van der Waals surface area contributed by atoms with Gasteiger partial charge in [-0.25, -0.2) is 0 Å². The molecule has 5 rings (SSSR count). The predicted octanol–water partition coefficient (Wildman–Crippen LogP) is 7.04. The molecule has 0 saturated heterocycles. The fourth-order valence-corrected chi connectivity index (χ4v) is 5.80. The van der Waals surface area contributed by atoms with Crippen molar-refractivity contribution < 1.29 is 28.2 Å². The molecule has 0 radical (unpaired) electrons. The lowest BCUT2D eigenvalue weighted by molar-refractivity contribution is -0.142. The third-order valence-corrected chi connectivity index (χ3v) is 7.87. The summed E-state index contributed by atoms with van der Waals surface area (Å²) in [7, 11) is 0. The Morgan fingerprint density at radius 3 is 2.63 bits per heavy atom. The zero-order chi connectivity index (χ0) is 27.0. The molecular formula is C26H22ClF3N4O3S. The lowest BCUT2D eigenvalue weighted by Crippen LogP contribution is -2.29. The number of thiazole rings is 1. The Kier molecular flexibility index (Phi) is 7.06. The average Bonchev–Trinajstić information content (AvgIpc) is 3.48. The number of halogens is 4. The summed E-state index contributed by atoms with van der Waals surface area (Å²) < 4.78 is 41.6. The highest BCUT2D eigenvalue weighted by Gasteiger charge is 2.33. The van der Waals surface area contributed by atoms with E-state index in [1.54, 1.807) is 24.4 Å². The number of hydrogen-bond acceptors (Lipinski definition) is 6. The Morgan fingerprint density at radius 1 is 1.16 bits per heavy atom. The summed E-state index contributed by atoms with van der Waals surface area (Å²) in [5, 5.41) is 31.2. The molecule has 1 aliphatic carbocycles. The predicted molar refractivity (Wildman–Crippen MR) is 140 cm³/mol. The zero-order valence-electron chi connectivity index (χ0n) is 19.7. The molecule has 0 amide bonds. The Labute approximate surface area is 224 Å². The fraction of sp³-hybridized carbons (Fsp3) is 0.269. The molecule has 198 valence electrons. The number of carbonyl (C=O) groups is 1. The largest absolute Gasteiger partial charge is 0.492 e. The van der Waals surface area contributed by atoms with Crippen LogP contribution in [0.5, 0.6) is 5.88 Å². The number of anilines is 1. The van der Waals surface area contributed by atoms with Gasteiger partial charge in [-0.05, 0) is 67.2 Å². The van der Waals surface area contributed by atoms with Crippen LogP contribution in [0.25, 0.3) is 22.6 Å². The monoisotopic (exact) mass is 562 g/mol. The maximum absolute atomic E-state index is 13.9. The molecule has 12 heteroatoms. The summed E-state index contributed by atoms with van der Waals surface area (Å²) in [5.41, 5.74) is 0.652. The van der Waals surface area contributed by atoms with Gasteiger partial charge in [0.05, 0.1) is 23.2 Å². The van der Waals surface area contributed by atoms with Crippen LogP contribution in [0.4, 0.5) is 18.3 Å². The van der Waals surface area contributed by atoms with Gasteiger partial charge in [-0.1, -0.05) is 35.1 Å². The Morgan fingerprint density at radius 2 is 1.92 bits per heavy atom. The molecule has 38 heavy (non-hydrogen) atoms. The van der Waals surface area contributed by atoms with Crippen molar-refractivity contribution in [2.45, 2.75) is 37.9 Å². The van der Waals surface area contributed by atoms with Crippen molar-refractivity contribution in [3.63, 3.8) is 0 Å². The van der Waals surface area contributed by atoms with Crippen LogP contribution in [0.1, 0.15) is 47.3 Å². The van der Waals surface area contributed by atoms with E-state index >= 15 is 0 Å². The summed E-state index contributed by atoms with van der Waals surface area (Å²) in [6, 6.07) is 8.79. The number of carboxylic acids is 1. The van der Waals surface area contributed by atoms with Crippen molar-refractivity contribution in [2.75, 3.05) is 5.32 Å². The molecule has 1 aliphatic rings. The van der Waals surface area contributed by atoms with Gasteiger partial charge in [0.25, 0.3) is 0 Å². The second-order valence-corrected chi connectivity index (χ2v) is 10.6. The smallest absolute Gasteiger partial charge is 0.417 e. The molecule has 0 unspecified atom stereocenters. The summed E-state index contributed by atoms with van der Waals surface area (Å²) in [4.78, 5) is 15.8. The third-order valence-electron chi connectivity index (χ3n) is 6.63. The van der Waals surface area contributed by atoms with Crippen molar-refractivity contribution in [3.8, 4) is 5.88 Å². The van der Waals surface area contributed by atoms with Crippen LogP contribution in [0, 0.1) is 5.92 Å². The van der Waals surface area contributed by atoms with Gasteiger partial charge in [0, 0.05) is 22.0 Å². The molecule has 7 nitrogen and oxygen atoms in total. The van der Waals surface area contributed by atoms with Gasteiger partial charge in [0.15, 0.2) is 5.13 Å². The molecule has 1 saturated carbocycles. The highest BCUT2D eigenvalue weighted by Crippen LogP contribution is 2.42. The van der Waals surface area contributed by atoms with Crippen LogP contribution in [0.3, 0.4) is 0 Å². The number of fused-ring (bicyclic) bond motifs is 1. The standard InChI is InChI=1S/C26H22ClF3N4O3S/c27-17-5-1-15(20(11-17)26(28,29)30)10-19(14-4-8-21-16(9-14)12-31-34-21)22-23(35)33-25(38-22)32-18-6-2-13(3-7-18)24(36)37/h1,4-5,8-13,18,35H,2-3,6-7H2,(H,31,34)(H,32,33)(H,36,37). The third kappa shape index (κ3) is 5.48. The molecule has 1 fully saturated rings. The van der Waals surface area contributed by atoms with Gasteiger partial charge >= 0.3 is 12.1 Å². The molecule has 0 aliphatic heterocycles. The molecule has 2 aromatic heterocycles. The van der Waals surface area contributed by atoms with E-state index in [0.29, 0.717) is 42.0 Å². The van der Waals surface area contributed by atoms with Crippen LogP contribution in [0.15, 0.2) is 42.6 Å². The number of benzene rings is 2. The van der Waals surface area contributed by atoms with Crippen LogP contribution in [0.2, 0.25) is 5.02 Å². The quantitative estimate of drug-likeness (QED) is 0.188. The summed E-state index contributed by atoms with van der Waals surface area (Å²) >= 11 is 6.99. The highest BCUT2D eigenvalue weighted by molar-refractivity contribution is 7.17. The van der Waals surface area contributed by atoms with E-state index in [9.17, 15) is 28.2 Å². The minimum Gasteiger partial charge on any atom is -0.492 e. The fourth-order valence-electron chi connectivity index (χ4n) is 4.65. The van der Waals surface area contributed by atoms with Gasteiger partial charge in [-0.2, -0.15) is 23.3 Å². The Bertz CT molecular complexity index is 1520. The van der Waals surface area contributed by atoms with E-state index in [2.05, 4.69) is 20.5 Å². The lowest BCUT2D eigenvalue weighted by atomic mass is 9.86. The molecular weight excluding hydrogens is 541 g/mol. The maximum Gasteiger partial charge on any atom is 0.417 e. The first-order valence-corrected chi connectivity index (χ1v) is 13.0. The first kappa shape index (κ1) is 26.1. The number of alkyl halides is 3. The van der Waals surface area contributed by atoms with Gasteiger partial charge in [0.1, 0.15) is 4.88 Å². The first-order chi connectivity index (χ1) is 18.1. The number of aromatic amines is 1. The number of aromatic hydroxyl groups is 1. The van der Waals surface area contributed by atoms with Crippen LogP contribution in [-0.2, 0) is 11.0 Å². The number of carboxylic acid groups (broad SMARTS) is 1. The number of aromatic nitrogens is 3. The van der Waals surface area contributed by atoms with Crippen molar-refractivity contribution in [3.05, 3.63) is 69.2 Å². The van der Waals surface area contributed by atoms with Crippen molar-refractivity contribution >= 4 is 56.6 Å². The lowest BCUT2D eigenvalue weighted by Gasteiger charge is -2.26. The number of H-pyrrole nitrogens is 1. The van der Waals surface area contributed by atoms with E-state index < -0.39 is 17.7 Å². The van der Waals surface area contributed by atoms with E-state index in [0.717, 1.165) is 28.3 Å². The average molecular weight is 563 g/mol. The van der Waals surface area contributed by atoms with Crippen molar-refractivity contribution in [2.24, 2.45) is 5.92 Å². The van der Waals surface area contributed by atoms with Crippen LogP contribution >= 0.6 is 22.9 Å². The zero-order valence-corrected chi connectivity index (χ0v) is 21.3. The number of hydrogen-bond donors (Lipinski definition) is 4. The number of nitrogens with one attached hydrogen (secondary N) is 2. The summed E-state index contributed by atoms with van der Waals surface area (Å²) in [6.45, 7) is 0. The maximum atomic E-state index is 13.9. The van der Waals surface area contributed by atoms with Gasteiger partial charge in [-0.3, -0.25) is 9.89 Å². The number of nitrogens with zero attached hydrogens (tertiary/aromatic N) is 2. The number of rotatable bonds is 6. The summed E-state index contributed by atoms with van der Waals surface area (Å²) in [6.07, 6.45) is 0.655. The molecule has 2 heterocycles. The second kappa shape index (κ2) is 10.3. The molecule has 4 N–H and O–H groups in total. The summed E-state index contributed by atoms with van der Waals surface area (Å²) in [5.74, 6) is -1.50. The highest BCUT2D eigenvalue weighted by atomic mass is 35.5. The minimum atomic E-state index is -4.65. The van der Waals surface area contributed by atoms with E-state index in [-0.39, 0.29) is 33.3 Å². The van der Waals surface area contributed by atoms with Gasteiger partial charge < -0.3 is 15.5 Å². The van der Waals surface area contributed by atoms with Crippen molar-refractivity contribution in [1.82, 2.24) is 15.2 Å². The second-order valence-electron chi connectivity index (χ2n) is 9.16. The van der Waals surface area contributed by atoms with E-state index in [1.807, 2.05) is 0 Å². The molecule has 4 aromatic rings. The molecule has 2 aromatic carbocycles. The Balaban J connectivity index is 1.55. The molecule has 0 bridgehead atoms. The molecule has 0 spiro atoms. The van der Waals surface area contributed by atoms with Gasteiger partial charge in [-0.15, -0.1) is 0 Å². The topological polar surface area (TPSA) is 111 Å². The van der Waals surface area contributed by atoms with Crippen LogP contribution in [-0.4, -0.2) is 37.4 Å². The Hall–Kier alpha value is -3.57. The van der Waals surface area contributed by atoms with Gasteiger partial charge in [0.2, 0.25) is 5.88 Å². The number of aliphatic carboxylic acids is 1. The van der Waals surface area contributed by atoms with E-state index in [4.69, 9.17) is 11.6 Å². The molecule has 0 atom stereocenters. The minimum absolute atomic E-state index is 0.0215. The first-order valence-electron chi connectivity index (χ1n) is 11.8. The normalized spacial score (nSPS) is 18.6. The van der Waals surface area contributed by atoms with Crippen LogP contribution < -0.4 is 5.32 Å². The SMILES string of the molecule is O=C(O)C1CCC(Nc2nc(O)c(C(=Cc3ccc(Cl)cc3C(F)(F)F)c3ccc4[nH]ncc4c3)s2)CC1. The van der Waals surface area contributed by atoms with E-state index in [1.165, 1.54) is 18.2 Å².